The minimum absolute atomic E-state index is 0.217. The van der Waals surface area contributed by atoms with E-state index >= 15 is 0 Å². The second kappa shape index (κ2) is 5.24. The summed E-state index contributed by atoms with van der Waals surface area (Å²) in [5.74, 6) is 2.98. The second-order valence-corrected chi connectivity index (χ2v) is 6.46. The van der Waals surface area contributed by atoms with Gasteiger partial charge in [-0.25, -0.2) is 0 Å². The van der Waals surface area contributed by atoms with Crippen molar-refractivity contribution < 1.29 is 4.79 Å². The normalized spacial score (nSPS) is 19.3. The Hall–Kier alpha value is -0.180. The Balaban J connectivity index is 2.46. The van der Waals surface area contributed by atoms with Crippen LogP contribution in [0.5, 0.6) is 0 Å². The van der Waals surface area contributed by atoms with E-state index in [4.69, 9.17) is 0 Å². The minimum atomic E-state index is -0.245. The first kappa shape index (κ1) is 12.9. The van der Waals surface area contributed by atoms with Crippen molar-refractivity contribution in [2.75, 3.05) is 11.5 Å². The van der Waals surface area contributed by atoms with Gasteiger partial charge in [0, 0.05) is 11.5 Å². The number of hydrogen-bond donors (Lipinski definition) is 1. The highest BCUT2D eigenvalue weighted by Gasteiger charge is 2.32. The predicted molar refractivity (Wildman–Crippen MR) is 67.1 cm³/mol. The molecule has 0 radical (unpaired) electrons. The maximum Gasteiger partial charge on any atom is 0.226 e. The van der Waals surface area contributed by atoms with E-state index in [-0.39, 0.29) is 11.3 Å². The number of carbonyl (C=O) groups excluding carboxylic acids is 1. The molecule has 0 aromatic heterocycles. The Labute approximate surface area is 97.6 Å². The third-order valence-corrected chi connectivity index (χ3v) is 4.63. The fraction of sp³-hybridized carbons (Fsp3) is 0.917. The van der Waals surface area contributed by atoms with Gasteiger partial charge in [-0.2, -0.15) is 11.8 Å². The molecule has 1 N–H and O–H groups in total. The number of carbonyl (C=O) groups is 1. The van der Waals surface area contributed by atoms with Crippen molar-refractivity contribution in [2.24, 2.45) is 11.3 Å². The van der Waals surface area contributed by atoms with Crippen LogP contribution in [0.2, 0.25) is 0 Å². The van der Waals surface area contributed by atoms with Crippen LogP contribution >= 0.6 is 11.8 Å². The zero-order chi connectivity index (χ0) is 11.5. The van der Waals surface area contributed by atoms with E-state index in [9.17, 15) is 4.79 Å². The molecule has 0 atom stereocenters. The van der Waals surface area contributed by atoms with Crippen LogP contribution in [0.15, 0.2) is 0 Å². The van der Waals surface area contributed by atoms with E-state index in [0.29, 0.717) is 12.0 Å². The number of thioether (sulfide) groups is 1. The molecule has 1 saturated heterocycles. The van der Waals surface area contributed by atoms with E-state index in [2.05, 4.69) is 19.2 Å². The molecule has 15 heavy (non-hydrogen) atoms. The topological polar surface area (TPSA) is 29.1 Å². The Bertz CT molecular complexity index is 220. The van der Waals surface area contributed by atoms with Gasteiger partial charge in [-0.1, -0.05) is 27.7 Å². The highest BCUT2D eigenvalue weighted by Crippen LogP contribution is 2.27. The first-order valence-corrected chi connectivity index (χ1v) is 6.98. The van der Waals surface area contributed by atoms with Crippen LogP contribution in [0, 0.1) is 11.3 Å². The molecule has 88 valence electrons. The molecule has 1 aliphatic rings. The third kappa shape index (κ3) is 3.40. The molecular weight excluding hydrogens is 206 g/mol. The fourth-order valence-corrected chi connectivity index (χ4v) is 2.58. The minimum Gasteiger partial charge on any atom is -0.353 e. The molecule has 1 aliphatic heterocycles. The lowest BCUT2D eigenvalue weighted by Crippen LogP contribution is -2.46. The molecule has 0 bridgehead atoms. The lowest BCUT2D eigenvalue weighted by atomic mass is 9.80. The van der Waals surface area contributed by atoms with Crippen LogP contribution in [0.3, 0.4) is 0 Å². The number of hydrogen-bond acceptors (Lipinski definition) is 2. The van der Waals surface area contributed by atoms with Gasteiger partial charge in [-0.15, -0.1) is 0 Å². The maximum absolute atomic E-state index is 12.1. The van der Waals surface area contributed by atoms with Gasteiger partial charge in [0.05, 0.1) is 0 Å². The highest BCUT2D eigenvalue weighted by molar-refractivity contribution is 7.99. The number of nitrogens with one attached hydrogen (secondary N) is 1. The van der Waals surface area contributed by atoms with E-state index in [1.165, 1.54) is 11.5 Å². The molecule has 0 spiro atoms. The van der Waals surface area contributed by atoms with Gasteiger partial charge in [0.2, 0.25) is 5.91 Å². The maximum atomic E-state index is 12.1. The number of rotatable bonds is 3. The SMILES string of the molecule is CC(C)C(C)(C)C(=O)NC1CCSCC1. The molecule has 3 heteroatoms. The summed E-state index contributed by atoms with van der Waals surface area (Å²) in [7, 11) is 0. The van der Waals surface area contributed by atoms with Crippen molar-refractivity contribution >= 4 is 17.7 Å². The van der Waals surface area contributed by atoms with Gasteiger partial charge >= 0.3 is 0 Å². The van der Waals surface area contributed by atoms with E-state index in [1.807, 2.05) is 25.6 Å². The van der Waals surface area contributed by atoms with Crippen molar-refractivity contribution in [3.63, 3.8) is 0 Å². The van der Waals surface area contributed by atoms with Crippen molar-refractivity contribution in [1.29, 1.82) is 0 Å². The predicted octanol–water partition coefficient (Wildman–Crippen LogP) is 2.68. The summed E-state index contributed by atoms with van der Waals surface area (Å²) >= 11 is 1.99. The van der Waals surface area contributed by atoms with Crippen LogP contribution in [-0.4, -0.2) is 23.5 Å². The van der Waals surface area contributed by atoms with Gasteiger partial charge in [0.1, 0.15) is 0 Å². The first-order valence-electron chi connectivity index (χ1n) is 5.83. The first-order chi connectivity index (χ1) is 6.94. The van der Waals surface area contributed by atoms with Crippen LogP contribution in [0.1, 0.15) is 40.5 Å². The summed E-state index contributed by atoms with van der Waals surface area (Å²) in [6.45, 7) is 8.28. The lowest BCUT2D eigenvalue weighted by Gasteiger charge is -2.31. The van der Waals surface area contributed by atoms with Gasteiger partial charge in [0.25, 0.3) is 0 Å². The van der Waals surface area contributed by atoms with Gasteiger partial charge in [0.15, 0.2) is 0 Å². The Morgan fingerprint density at radius 3 is 2.33 bits per heavy atom. The average molecular weight is 229 g/mol. The standard InChI is InChI=1S/C12H23NOS/c1-9(2)12(3,4)11(14)13-10-5-7-15-8-6-10/h9-10H,5-8H2,1-4H3,(H,13,14). The molecule has 0 saturated carbocycles. The quantitative estimate of drug-likeness (QED) is 0.806. The van der Waals surface area contributed by atoms with Gasteiger partial charge in [-0.05, 0) is 30.3 Å². The monoisotopic (exact) mass is 229 g/mol. The molecule has 0 aromatic rings. The third-order valence-electron chi connectivity index (χ3n) is 3.59. The molecule has 1 heterocycles. The fourth-order valence-electron chi connectivity index (χ4n) is 1.48. The van der Waals surface area contributed by atoms with Crippen molar-refractivity contribution in [3.8, 4) is 0 Å². The summed E-state index contributed by atoms with van der Waals surface area (Å²) in [4.78, 5) is 12.1. The highest BCUT2D eigenvalue weighted by atomic mass is 32.2. The van der Waals surface area contributed by atoms with E-state index in [0.717, 1.165) is 12.8 Å². The van der Waals surface area contributed by atoms with Crippen LogP contribution < -0.4 is 5.32 Å². The Morgan fingerprint density at radius 1 is 1.33 bits per heavy atom. The zero-order valence-corrected chi connectivity index (χ0v) is 11.1. The summed E-state index contributed by atoms with van der Waals surface area (Å²) in [5.41, 5.74) is -0.245. The van der Waals surface area contributed by atoms with Crippen LogP contribution in [-0.2, 0) is 4.79 Å². The van der Waals surface area contributed by atoms with Crippen molar-refractivity contribution in [1.82, 2.24) is 5.32 Å². The summed E-state index contributed by atoms with van der Waals surface area (Å²) < 4.78 is 0. The molecule has 0 aromatic carbocycles. The summed E-state index contributed by atoms with van der Waals surface area (Å²) in [6, 6.07) is 0.414. The second-order valence-electron chi connectivity index (χ2n) is 5.24. The van der Waals surface area contributed by atoms with E-state index in [1.54, 1.807) is 0 Å². The average Bonchev–Trinajstić information content (AvgIpc) is 2.18. The molecule has 1 fully saturated rings. The molecule has 1 amide bonds. The molecule has 2 nitrogen and oxygen atoms in total. The smallest absolute Gasteiger partial charge is 0.226 e. The Kier molecular flexibility index (Phi) is 4.50. The Morgan fingerprint density at radius 2 is 1.87 bits per heavy atom. The van der Waals surface area contributed by atoms with Crippen LogP contribution in [0.4, 0.5) is 0 Å². The largest absolute Gasteiger partial charge is 0.353 e. The number of amides is 1. The lowest BCUT2D eigenvalue weighted by molar-refractivity contribution is -0.132. The molecule has 1 rings (SSSR count). The van der Waals surface area contributed by atoms with Crippen LogP contribution in [0.25, 0.3) is 0 Å². The summed E-state index contributed by atoms with van der Waals surface area (Å²) in [5, 5.41) is 3.19. The molecule has 0 unspecified atom stereocenters. The van der Waals surface area contributed by atoms with Gasteiger partial charge in [-0.3, -0.25) is 4.79 Å². The van der Waals surface area contributed by atoms with Crippen molar-refractivity contribution in [3.05, 3.63) is 0 Å². The van der Waals surface area contributed by atoms with E-state index < -0.39 is 0 Å². The van der Waals surface area contributed by atoms with Crippen molar-refractivity contribution in [2.45, 2.75) is 46.6 Å². The molecule has 0 aliphatic carbocycles. The summed E-state index contributed by atoms with van der Waals surface area (Å²) in [6.07, 6.45) is 2.26. The zero-order valence-electron chi connectivity index (χ0n) is 10.3. The van der Waals surface area contributed by atoms with Gasteiger partial charge < -0.3 is 5.32 Å². The molecular formula is C12H23NOS.